The van der Waals surface area contributed by atoms with E-state index in [4.69, 9.17) is 23.2 Å². The minimum absolute atomic E-state index is 0.0728. The van der Waals surface area contributed by atoms with Crippen LogP contribution in [0.25, 0.3) is 0 Å². The first-order valence-electron chi connectivity index (χ1n) is 5.64. The molecule has 1 N–H and O–H groups in total. The minimum Gasteiger partial charge on any atom is -0.316 e. The maximum absolute atomic E-state index is 12.4. The van der Waals surface area contributed by atoms with Crippen LogP contribution >= 0.6 is 23.2 Å². The highest BCUT2D eigenvalue weighted by molar-refractivity contribution is 7.89. The first kappa shape index (κ1) is 18.5. The van der Waals surface area contributed by atoms with Gasteiger partial charge in [-0.25, -0.2) is 8.42 Å². The van der Waals surface area contributed by atoms with Crippen molar-refractivity contribution >= 4 is 33.2 Å². The molecular weight excluding hydrogens is 352 g/mol. The number of benzene rings is 1. The molecule has 4 nitrogen and oxygen atoms in total. The quantitative estimate of drug-likeness (QED) is 0.873. The topological polar surface area (TPSA) is 49.4 Å². The highest BCUT2D eigenvalue weighted by atomic mass is 35.5. The van der Waals surface area contributed by atoms with E-state index in [1.54, 1.807) is 7.05 Å². The highest BCUT2D eigenvalue weighted by Gasteiger charge is 2.36. The van der Waals surface area contributed by atoms with Crippen LogP contribution in [0, 0.1) is 0 Å². The van der Waals surface area contributed by atoms with Crippen LogP contribution in [0.5, 0.6) is 0 Å². The zero-order valence-corrected chi connectivity index (χ0v) is 13.5. The van der Waals surface area contributed by atoms with E-state index in [0.717, 1.165) is 13.1 Å². The van der Waals surface area contributed by atoms with Crippen molar-refractivity contribution in [2.24, 2.45) is 0 Å². The predicted molar refractivity (Wildman–Crippen MR) is 75.1 cm³/mol. The Balaban J connectivity index is 3.31. The molecular formula is C11H13Cl2F3N2O2S. The summed E-state index contributed by atoms with van der Waals surface area (Å²) in [6, 6.07) is 2.48. The second kappa shape index (κ2) is 6.70. The molecule has 0 aromatic heterocycles. The zero-order chi connectivity index (χ0) is 16.4. The van der Waals surface area contributed by atoms with Crippen LogP contribution in [0.2, 0.25) is 10.0 Å². The summed E-state index contributed by atoms with van der Waals surface area (Å²) in [7, 11) is -1.95. The molecule has 0 unspecified atom stereocenters. The smallest absolute Gasteiger partial charge is 0.316 e. The fourth-order valence-corrected chi connectivity index (χ4v) is 3.69. The molecule has 10 heteroatoms. The molecule has 0 spiro atoms. The van der Waals surface area contributed by atoms with Crippen molar-refractivity contribution in [3.63, 3.8) is 0 Å². The SMILES string of the molecule is CNCc1cc(Cl)cc(S(=O)(=O)N(C)CC(F)(F)F)c1Cl. The predicted octanol–water partition coefficient (Wildman–Crippen LogP) is 2.90. The maximum Gasteiger partial charge on any atom is 0.402 e. The second-order valence-corrected chi connectivity index (χ2v) is 7.11. The van der Waals surface area contributed by atoms with Gasteiger partial charge >= 0.3 is 6.18 Å². The molecule has 0 radical (unpaired) electrons. The van der Waals surface area contributed by atoms with E-state index in [9.17, 15) is 21.6 Å². The Kier molecular flexibility index (Phi) is 5.91. The molecule has 1 rings (SSSR count). The molecule has 1 aromatic carbocycles. The van der Waals surface area contributed by atoms with Gasteiger partial charge in [0, 0.05) is 18.6 Å². The molecule has 0 heterocycles. The van der Waals surface area contributed by atoms with Crippen molar-refractivity contribution in [1.82, 2.24) is 9.62 Å². The number of halogens is 5. The molecule has 21 heavy (non-hydrogen) atoms. The van der Waals surface area contributed by atoms with Crippen molar-refractivity contribution in [1.29, 1.82) is 0 Å². The summed E-state index contributed by atoms with van der Waals surface area (Å²) < 4.78 is 61.7. The fourth-order valence-electron chi connectivity index (χ4n) is 1.63. The third kappa shape index (κ3) is 4.72. The average molecular weight is 365 g/mol. The van der Waals surface area contributed by atoms with Crippen molar-refractivity contribution in [3.8, 4) is 0 Å². The van der Waals surface area contributed by atoms with E-state index in [1.807, 2.05) is 0 Å². The van der Waals surface area contributed by atoms with Gasteiger partial charge in [0.2, 0.25) is 10.0 Å². The molecule has 0 amide bonds. The molecule has 0 aliphatic rings. The van der Waals surface area contributed by atoms with E-state index < -0.39 is 27.6 Å². The van der Waals surface area contributed by atoms with Gasteiger partial charge in [-0.3, -0.25) is 0 Å². The van der Waals surface area contributed by atoms with E-state index in [-0.39, 0.29) is 20.9 Å². The summed E-state index contributed by atoms with van der Waals surface area (Å²) in [6.45, 7) is -1.38. The van der Waals surface area contributed by atoms with Crippen LogP contribution in [0.15, 0.2) is 17.0 Å². The third-order valence-corrected chi connectivity index (χ3v) is 5.14. The van der Waals surface area contributed by atoms with Gasteiger partial charge in [-0.2, -0.15) is 17.5 Å². The molecule has 0 aliphatic heterocycles. The Hall–Kier alpha value is -0.540. The second-order valence-electron chi connectivity index (χ2n) is 4.28. The summed E-state index contributed by atoms with van der Waals surface area (Å²) >= 11 is 11.8. The monoisotopic (exact) mass is 364 g/mol. The summed E-state index contributed by atoms with van der Waals surface area (Å²) in [4.78, 5) is -0.450. The first-order valence-corrected chi connectivity index (χ1v) is 7.84. The van der Waals surface area contributed by atoms with Gasteiger partial charge in [-0.1, -0.05) is 23.2 Å². The number of alkyl halides is 3. The molecule has 1 aromatic rings. The number of hydrogen-bond donors (Lipinski definition) is 1. The van der Waals surface area contributed by atoms with Gasteiger partial charge < -0.3 is 5.32 Å². The molecule has 0 atom stereocenters. The Morgan fingerprint density at radius 2 is 1.86 bits per heavy atom. The maximum atomic E-state index is 12.4. The fraction of sp³-hybridized carbons (Fsp3) is 0.455. The van der Waals surface area contributed by atoms with E-state index >= 15 is 0 Å². The molecule has 0 saturated carbocycles. The number of rotatable bonds is 5. The summed E-state index contributed by atoms with van der Waals surface area (Å²) in [5.41, 5.74) is 0.380. The highest BCUT2D eigenvalue weighted by Crippen LogP contribution is 2.32. The molecule has 0 fully saturated rings. The van der Waals surface area contributed by atoms with Crippen LogP contribution in [0.3, 0.4) is 0 Å². The van der Waals surface area contributed by atoms with Gasteiger partial charge in [-0.05, 0) is 24.7 Å². The lowest BCUT2D eigenvalue weighted by Crippen LogP contribution is -2.36. The van der Waals surface area contributed by atoms with Crippen molar-refractivity contribution in [3.05, 3.63) is 27.7 Å². The average Bonchev–Trinajstić information content (AvgIpc) is 2.31. The molecule has 0 saturated heterocycles. The van der Waals surface area contributed by atoms with Crippen molar-refractivity contribution in [2.45, 2.75) is 17.6 Å². The van der Waals surface area contributed by atoms with Gasteiger partial charge in [0.25, 0.3) is 0 Å². The van der Waals surface area contributed by atoms with E-state index in [2.05, 4.69) is 5.32 Å². The number of sulfonamides is 1. The van der Waals surface area contributed by atoms with Crippen LogP contribution < -0.4 is 5.32 Å². The number of nitrogens with one attached hydrogen (secondary N) is 1. The van der Waals surface area contributed by atoms with E-state index in [0.29, 0.717) is 5.56 Å². The molecule has 0 bridgehead atoms. The van der Waals surface area contributed by atoms with E-state index in [1.165, 1.54) is 6.07 Å². The zero-order valence-electron chi connectivity index (χ0n) is 11.1. The van der Waals surface area contributed by atoms with Crippen LogP contribution in [0.4, 0.5) is 13.2 Å². The number of nitrogens with zero attached hydrogens (tertiary/aromatic N) is 1. The lowest BCUT2D eigenvalue weighted by atomic mass is 10.2. The lowest BCUT2D eigenvalue weighted by molar-refractivity contribution is -0.134. The van der Waals surface area contributed by atoms with Gasteiger partial charge in [0.1, 0.15) is 11.4 Å². The number of hydrogen-bond acceptors (Lipinski definition) is 3. The largest absolute Gasteiger partial charge is 0.402 e. The summed E-state index contributed by atoms with van der Waals surface area (Å²) in [5.74, 6) is 0. The normalized spacial score (nSPS) is 13.0. The van der Waals surface area contributed by atoms with Gasteiger partial charge in [-0.15, -0.1) is 0 Å². The van der Waals surface area contributed by atoms with Gasteiger partial charge in [0.05, 0.1) is 5.02 Å². The van der Waals surface area contributed by atoms with Crippen LogP contribution in [0.1, 0.15) is 5.56 Å². The molecule has 120 valence electrons. The summed E-state index contributed by atoms with van der Waals surface area (Å²) in [5, 5.41) is 2.69. The lowest BCUT2D eigenvalue weighted by Gasteiger charge is -2.20. The Labute approximate surface area is 130 Å². The first-order chi connectivity index (χ1) is 9.49. The van der Waals surface area contributed by atoms with Gasteiger partial charge in [0.15, 0.2) is 0 Å². The van der Waals surface area contributed by atoms with Crippen molar-refractivity contribution < 1.29 is 21.6 Å². The van der Waals surface area contributed by atoms with Crippen LogP contribution in [-0.2, 0) is 16.6 Å². The van der Waals surface area contributed by atoms with Crippen molar-refractivity contribution in [2.75, 3.05) is 20.6 Å². The Bertz CT molecular complexity index is 621. The standard InChI is InChI=1S/C11H13Cl2F3N2O2S/c1-17-5-7-3-8(12)4-9(10(7)13)21(19,20)18(2)6-11(14,15)16/h3-4,17H,5-6H2,1-2H3. The third-order valence-electron chi connectivity index (χ3n) is 2.54. The Morgan fingerprint density at radius 1 is 1.29 bits per heavy atom. The minimum atomic E-state index is -4.65. The van der Waals surface area contributed by atoms with Crippen LogP contribution in [-0.4, -0.2) is 39.5 Å². The Morgan fingerprint density at radius 3 is 2.33 bits per heavy atom. The molecule has 0 aliphatic carbocycles. The summed E-state index contributed by atoms with van der Waals surface area (Å²) in [6.07, 6.45) is -4.65.